The zero-order valence-corrected chi connectivity index (χ0v) is 12.7. The van der Waals surface area contributed by atoms with Gasteiger partial charge < -0.3 is 14.4 Å². The van der Waals surface area contributed by atoms with E-state index in [0.717, 1.165) is 15.8 Å². The van der Waals surface area contributed by atoms with E-state index in [1.165, 1.54) is 12.0 Å². The first-order valence-electron chi connectivity index (χ1n) is 5.61. The Hall–Kier alpha value is -1.56. The number of esters is 1. The maximum atomic E-state index is 11.7. The summed E-state index contributed by atoms with van der Waals surface area (Å²) in [6.45, 7) is 0.415. The number of benzene rings is 1. The van der Waals surface area contributed by atoms with Gasteiger partial charge in [-0.1, -0.05) is 6.07 Å². The van der Waals surface area contributed by atoms with Gasteiger partial charge in [-0.05, 0) is 33.6 Å². The molecule has 1 amide bonds. The molecule has 0 aromatic heterocycles. The molecule has 0 spiro atoms. The second-order valence-corrected chi connectivity index (χ2v) is 4.83. The summed E-state index contributed by atoms with van der Waals surface area (Å²) in [6, 6.07) is 5.56. The van der Waals surface area contributed by atoms with Crippen molar-refractivity contribution in [1.29, 1.82) is 0 Å². The number of ether oxygens (including phenoxy) is 2. The Balaban J connectivity index is 2.66. The van der Waals surface area contributed by atoms with E-state index in [4.69, 9.17) is 4.74 Å². The van der Waals surface area contributed by atoms with Gasteiger partial charge in [-0.3, -0.25) is 9.59 Å². The summed E-state index contributed by atoms with van der Waals surface area (Å²) in [5.74, 6) is -0.0844. The van der Waals surface area contributed by atoms with Gasteiger partial charge in [0.25, 0.3) is 0 Å². The molecule has 5 nitrogen and oxygen atoms in total. The van der Waals surface area contributed by atoms with Crippen LogP contribution in [0.4, 0.5) is 0 Å². The average Bonchev–Trinajstić information content (AvgIpc) is 2.38. The van der Waals surface area contributed by atoms with Crippen LogP contribution in [0.1, 0.15) is 12.0 Å². The van der Waals surface area contributed by atoms with Gasteiger partial charge >= 0.3 is 5.97 Å². The molecule has 0 saturated carbocycles. The zero-order valence-electron chi connectivity index (χ0n) is 11.1. The Morgan fingerprint density at radius 2 is 2.00 bits per heavy atom. The summed E-state index contributed by atoms with van der Waals surface area (Å²) in [5, 5.41) is 0. The minimum Gasteiger partial charge on any atom is -0.496 e. The summed E-state index contributed by atoms with van der Waals surface area (Å²) in [6.07, 6.45) is -0.246. The van der Waals surface area contributed by atoms with Crippen molar-refractivity contribution in [3.05, 3.63) is 28.2 Å². The number of halogens is 1. The quantitative estimate of drug-likeness (QED) is 0.612. The minimum atomic E-state index is -0.534. The van der Waals surface area contributed by atoms with E-state index in [-0.39, 0.29) is 12.3 Å². The van der Waals surface area contributed by atoms with Crippen molar-refractivity contribution in [3.8, 4) is 5.75 Å². The Kier molecular flexibility index (Phi) is 5.82. The number of methoxy groups -OCH3 is 2. The predicted molar refractivity (Wildman–Crippen MR) is 73.8 cm³/mol. The number of hydrogen-bond donors (Lipinski definition) is 0. The molecule has 0 aliphatic carbocycles. The highest BCUT2D eigenvalue weighted by Crippen LogP contribution is 2.25. The van der Waals surface area contributed by atoms with Crippen LogP contribution >= 0.6 is 15.9 Å². The molecular weight excluding hydrogens is 314 g/mol. The molecule has 0 aliphatic rings. The van der Waals surface area contributed by atoms with Gasteiger partial charge in [0.15, 0.2) is 0 Å². The van der Waals surface area contributed by atoms with Gasteiger partial charge in [0.05, 0.1) is 18.7 Å². The van der Waals surface area contributed by atoms with Crippen LogP contribution in [-0.2, 0) is 20.9 Å². The van der Waals surface area contributed by atoms with Crippen molar-refractivity contribution in [1.82, 2.24) is 4.90 Å². The van der Waals surface area contributed by atoms with Crippen molar-refractivity contribution < 1.29 is 19.1 Å². The van der Waals surface area contributed by atoms with Gasteiger partial charge in [0, 0.05) is 13.6 Å². The largest absolute Gasteiger partial charge is 0.496 e. The third kappa shape index (κ3) is 4.55. The van der Waals surface area contributed by atoms with Crippen molar-refractivity contribution in [3.63, 3.8) is 0 Å². The molecule has 6 heteroatoms. The van der Waals surface area contributed by atoms with Crippen molar-refractivity contribution >= 4 is 27.8 Å². The van der Waals surface area contributed by atoms with Crippen LogP contribution in [0, 0.1) is 0 Å². The van der Waals surface area contributed by atoms with E-state index in [2.05, 4.69) is 20.7 Å². The van der Waals surface area contributed by atoms with Gasteiger partial charge in [-0.15, -0.1) is 0 Å². The molecule has 0 bridgehead atoms. The van der Waals surface area contributed by atoms with E-state index in [1.807, 2.05) is 18.2 Å². The van der Waals surface area contributed by atoms with Crippen LogP contribution in [-0.4, -0.2) is 38.0 Å². The smallest absolute Gasteiger partial charge is 0.315 e. The summed E-state index contributed by atoms with van der Waals surface area (Å²) in [5.41, 5.74) is 0.938. The first-order chi connectivity index (χ1) is 8.97. The fraction of sp³-hybridized carbons (Fsp3) is 0.385. The lowest BCUT2D eigenvalue weighted by atomic mass is 10.2. The molecule has 19 heavy (non-hydrogen) atoms. The number of amides is 1. The fourth-order valence-electron chi connectivity index (χ4n) is 1.50. The zero-order chi connectivity index (χ0) is 14.4. The van der Waals surface area contributed by atoms with Crippen molar-refractivity contribution in [2.45, 2.75) is 13.0 Å². The Morgan fingerprint density at radius 1 is 1.32 bits per heavy atom. The molecule has 104 valence electrons. The monoisotopic (exact) mass is 329 g/mol. The van der Waals surface area contributed by atoms with Crippen LogP contribution in [0.25, 0.3) is 0 Å². The summed E-state index contributed by atoms with van der Waals surface area (Å²) >= 11 is 3.38. The van der Waals surface area contributed by atoms with Crippen LogP contribution in [0.15, 0.2) is 22.7 Å². The highest BCUT2D eigenvalue weighted by molar-refractivity contribution is 9.10. The number of rotatable bonds is 5. The number of hydrogen-bond acceptors (Lipinski definition) is 4. The molecule has 0 fully saturated rings. The third-order valence-corrected chi connectivity index (χ3v) is 3.20. The normalized spacial score (nSPS) is 9.89. The van der Waals surface area contributed by atoms with E-state index >= 15 is 0 Å². The molecule has 0 N–H and O–H groups in total. The van der Waals surface area contributed by atoms with Gasteiger partial charge in [-0.2, -0.15) is 0 Å². The van der Waals surface area contributed by atoms with E-state index in [1.54, 1.807) is 14.2 Å². The second kappa shape index (κ2) is 7.13. The highest BCUT2D eigenvalue weighted by Gasteiger charge is 2.14. The lowest BCUT2D eigenvalue weighted by Gasteiger charge is -2.17. The molecule has 1 aromatic carbocycles. The molecule has 1 aromatic rings. The maximum absolute atomic E-state index is 11.7. The van der Waals surface area contributed by atoms with Gasteiger partial charge in [0.1, 0.15) is 12.2 Å². The van der Waals surface area contributed by atoms with Crippen molar-refractivity contribution in [2.24, 2.45) is 0 Å². The Labute approximate surface area is 120 Å². The summed E-state index contributed by atoms with van der Waals surface area (Å²) in [4.78, 5) is 24.2. The molecule has 0 heterocycles. The summed E-state index contributed by atoms with van der Waals surface area (Å²) < 4.78 is 10.4. The number of carbonyl (C=O) groups excluding carboxylic acids is 2. The first-order valence-corrected chi connectivity index (χ1v) is 6.40. The molecule has 1 rings (SSSR count). The lowest BCUT2D eigenvalue weighted by Crippen LogP contribution is -2.28. The lowest BCUT2D eigenvalue weighted by molar-refractivity contribution is -0.146. The Morgan fingerprint density at radius 3 is 2.53 bits per heavy atom. The average molecular weight is 330 g/mol. The number of carbonyl (C=O) groups is 2. The summed E-state index contributed by atoms with van der Waals surface area (Å²) in [7, 11) is 4.49. The minimum absolute atomic E-state index is 0.246. The molecular formula is C13H16BrNO4. The number of nitrogens with zero attached hydrogens (tertiary/aromatic N) is 1. The van der Waals surface area contributed by atoms with Crippen LogP contribution in [0.3, 0.4) is 0 Å². The topological polar surface area (TPSA) is 55.8 Å². The van der Waals surface area contributed by atoms with E-state index < -0.39 is 5.97 Å². The van der Waals surface area contributed by atoms with Crippen LogP contribution in [0.5, 0.6) is 5.75 Å². The molecule has 0 aliphatic heterocycles. The first kappa shape index (κ1) is 15.5. The molecule has 0 saturated heterocycles. The van der Waals surface area contributed by atoms with E-state index in [0.29, 0.717) is 6.54 Å². The molecule has 0 atom stereocenters. The molecule has 0 unspecified atom stereocenters. The molecule has 0 radical (unpaired) electrons. The Bertz CT molecular complexity index is 476. The predicted octanol–water partition coefficient (Wildman–Crippen LogP) is 1.98. The maximum Gasteiger partial charge on any atom is 0.315 e. The van der Waals surface area contributed by atoms with E-state index in [9.17, 15) is 9.59 Å². The van der Waals surface area contributed by atoms with Gasteiger partial charge in [-0.25, -0.2) is 0 Å². The SMILES string of the molecule is COC(=O)CC(=O)N(C)Cc1ccc(OC)c(Br)c1. The van der Waals surface area contributed by atoms with Gasteiger partial charge in [0.2, 0.25) is 5.91 Å². The van der Waals surface area contributed by atoms with Crippen LogP contribution < -0.4 is 4.74 Å². The third-order valence-electron chi connectivity index (χ3n) is 2.58. The highest BCUT2D eigenvalue weighted by atomic mass is 79.9. The fourth-order valence-corrected chi connectivity index (χ4v) is 2.09. The standard InChI is InChI=1S/C13H16BrNO4/c1-15(12(16)7-13(17)19-3)8-9-4-5-11(18-2)10(14)6-9/h4-6H,7-8H2,1-3H3. The second-order valence-electron chi connectivity index (χ2n) is 3.97. The van der Waals surface area contributed by atoms with Crippen molar-refractivity contribution in [2.75, 3.05) is 21.3 Å². The van der Waals surface area contributed by atoms with Crippen LogP contribution in [0.2, 0.25) is 0 Å².